The topological polar surface area (TPSA) is 57.8 Å². The third kappa shape index (κ3) is 3.95. The van der Waals surface area contributed by atoms with Crippen LogP contribution in [0.5, 0.6) is 0 Å². The van der Waals surface area contributed by atoms with Crippen LogP contribution in [-0.4, -0.2) is 22.4 Å². The first-order valence-corrected chi connectivity index (χ1v) is 8.47. The van der Waals surface area contributed by atoms with E-state index in [1.165, 1.54) is 5.56 Å². The van der Waals surface area contributed by atoms with E-state index in [0.717, 1.165) is 36.1 Å². The highest BCUT2D eigenvalue weighted by Gasteiger charge is 2.04. The normalized spacial score (nSPS) is 10.9. The number of carbonyl (C=O) groups excluding carboxylic acids is 1. The van der Waals surface area contributed by atoms with Gasteiger partial charge >= 0.3 is 0 Å². The van der Waals surface area contributed by atoms with Gasteiger partial charge < -0.3 is 10.3 Å². The molecule has 0 atom stereocenters. The molecule has 22 heavy (non-hydrogen) atoms. The highest BCUT2D eigenvalue weighted by molar-refractivity contribution is 7.07. The zero-order valence-corrected chi connectivity index (χ0v) is 13.2. The zero-order valence-electron chi connectivity index (χ0n) is 12.3. The number of aromatic nitrogens is 2. The Hall–Kier alpha value is -2.14. The molecule has 1 amide bonds. The second-order valence-electron chi connectivity index (χ2n) is 5.29. The van der Waals surface area contributed by atoms with Crippen LogP contribution in [0, 0.1) is 0 Å². The van der Waals surface area contributed by atoms with Crippen LogP contribution in [0.4, 0.5) is 0 Å². The molecule has 0 fully saturated rings. The minimum Gasteiger partial charge on any atom is -0.356 e. The van der Waals surface area contributed by atoms with Crippen molar-refractivity contribution in [1.29, 1.82) is 0 Å². The smallest absolute Gasteiger partial charge is 0.220 e. The fraction of sp³-hybridized carbons (Fsp3) is 0.294. The van der Waals surface area contributed by atoms with Crippen molar-refractivity contribution in [2.75, 3.05) is 6.54 Å². The number of thiophene rings is 1. The van der Waals surface area contributed by atoms with Gasteiger partial charge in [-0.1, -0.05) is 12.1 Å². The number of aryl methyl sites for hydroxylation is 2. The molecule has 0 aliphatic rings. The molecule has 1 aromatic carbocycles. The number of hydrogen-bond donors (Lipinski definition) is 2. The summed E-state index contributed by atoms with van der Waals surface area (Å²) in [5.41, 5.74) is 3.30. The van der Waals surface area contributed by atoms with Gasteiger partial charge in [0.05, 0.1) is 11.0 Å². The van der Waals surface area contributed by atoms with Gasteiger partial charge in [-0.25, -0.2) is 4.98 Å². The average Bonchev–Trinajstić information content (AvgIpc) is 3.18. The summed E-state index contributed by atoms with van der Waals surface area (Å²) in [5.74, 6) is 1.10. The fourth-order valence-electron chi connectivity index (χ4n) is 2.39. The van der Waals surface area contributed by atoms with E-state index in [-0.39, 0.29) is 5.91 Å². The fourth-order valence-corrected chi connectivity index (χ4v) is 3.09. The molecule has 2 N–H and O–H groups in total. The van der Waals surface area contributed by atoms with E-state index >= 15 is 0 Å². The number of imidazole rings is 1. The monoisotopic (exact) mass is 313 g/mol. The molecule has 0 aliphatic heterocycles. The quantitative estimate of drug-likeness (QED) is 0.658. The summed E-state index contributed by atoms with van der Waals surface area (Å²) in [6.45, 7) is 0.694. The Kier molecular flexibility index (Phi) is 4.85. The van der Waals surface area contributed by atoms with Crippen molar-refractivity contribution in [2.45, 2.75) is 25.7 Å². The summed E-state index contributed by atoms with van der Waals surface area (Å²) < 4.78 is 0. The number of rotatable bonds is 7. The van der Waals surface area contributed by atoms with Crippen LogP contribution in [0.3, 0.4) is 0 Å². The Labute approximate surface area is 133 Å². The van der Waals surface area contributed by atoms with Crippen LogP contribution in [0.15, 0.2) is 41.1 Å². The summed E-state index contributed by atoms with van der Waals surface area (Å²) >= 11 is 1.67. The molecule has 0 unspecified atom stereocenters. The molecule has 3 rings (SSSR count). The minimum absolute atomic E-state index is 0.121. The van der Waals surface area contributed by atoms with Gasteiger partial charge in [0.15, 0.2) is 0 Å². The van der Waals surface area contributed by atoms with Crippen molar-refractivity contribution in [3.8, 4) is 0 Å². The molecule has 0 bridgehead atoms. The van der Waals surface area contributed by atoms with Gasteiger partial charge in [-0.3, -0.25) is 4.79 Å². The Morgan fingerprint density at radius 1 is 1.23 bits per heavy atom. The molecule has 2 aromatic heterocycles. The van der Waals surface area contributed by atoms with Crippen molar-refractivity contribution < 1.29 is 4.79 Å². The van der Waals surface area contributed by atoms with Crippen LogP contribution in [0.25, 0.3) is 11.0 Å². The van der Waals surface area contributed by atoms with Gasteiger partial charge in [0.2, 0.25) is 5.91 Å². The molecule has 114 valence electrons. The molecule has 2 heterocycles. The van der Waals surface area contributed by atoms with Crippen molar-refractivity contribution in [3.63, 3.8) is 0 Å². The first-order chi connectivity index (χ1) is 10.8. The second kappa shape index (κ2) is 7.22. The van der Waals surface area contributed by atoms with E-state index in [1.54, 1.807) is 11.3 Å². The van der Waals surface area contributed by atoms with E-state index in [2.05, 4.69) is 26.7 Å². The van der Waals surface area contributed by atoms with E-state index in [1.807, 2.05) is 29.6 Å². The van der Waals surface area contributed by atoms with Gasteiger partial charge in [0.25, 0.3) is 0 Å². The Balaban J connectivity index is 1.37. The number of H-pyrrole nitrogens is 1. The van der Waals surface area contributed by atoms with Crippen molar-refractivity contribution in [1.82, 2.24) is 15.3 Å². The highest BCUT2D eigenvalue weighted by atomic mass is 32.1. The summed E-state index contributed by atoms with van der Waals surface area (Å²) in [7, 11) is 0. The number of nitrogens with one attached hydrogen (secondary N) is 2. The maximum atomic E-state index is 11.8. The average molecular weight is 313 g/mol. The van der Waals surface area contributed by atoms with Crippen molar-refractivity contribution >= 4 is 28.3 Å². The van der Waals surface area contributed by atoms with Crippen LogP contribution < -0.4 is 5.32 Å². The van der Waals surface area contributed by atoms with Crippen molar-refractivity contribution in [3.05, 3.63) is 52.5 Å². The highest BCUT2D eigenvalue weighted by Crippen LogP contribution is 2.11. The largest absolute Gasteiger partial charge is 0.356 e. The predicted octanol–water partition coefficient (Wildman–Crippen LogP) is 3.31. The molecule has 3 aromatic rings. The summed E-state index contributed by atoms with van der Waals surface area (Å²) in [6, 6.07) is 10.1. The number of para-hydroxylation sites is 2. The summed E-state index contributed by atoms with van der Waals surface area (Å²) in [5, 5.41) is 7.11. The number of fused-ring (bicyclic) bond motifs is 1. The maximum Gasteiger partial charge on any atom is 0.220 e. The molecule has 0 saturated carbocycles. The van der Waals surface area contributed by atoms with Crippen LogP contribution in [0.1, 0.15) is 24.2 Å². The number of nitrogens with zero attached hydrogens (tertiary/aromatic N) is 1. The van der Waals surface area contributed by atoms with Gasteiger partial charge in [-0.2, -0.15) is 11.3 Å². The minimum atomic E-state index is 0.121. The lowest BCUT2D eigenvalue weighted by Crippen LogP contribution is -2.25. The molecule has 0 aliphatic carbocycles. The predicted molar refractivity (Wildman–Crippen MR) is 90.1 cm³/mol. The Morgan fingerprint density at radius 2 is 2.14 bits per heavy atom. The third-order valence-corrected chi connectivity index (χ3v) is 4.30. The van der Waals surface area contributed by atoms with Gasteiger partial charge in [0, 0.05) is 19.4 Å². The van der Waals surface area contributed by atoms with E-state index < -0.39 is 0 Å². The summed E-state index contributed by atoms with van der Waals surface area (Å²) in [6.07, 6.45) is 3.11. The molecule has 0 saturated heterocycles. The third-order valence-electron chi connectivity index (χ3n) is 3.57. The lowest BCUT2D eigenvalue weighted by Gasteiger charge is -2.03. The summed E-state index contributed by atoms with van der Waals surface area (Å²) in [4.78, 5) is 19.6. The van der Waals surface area contributed by atoms with Gasteiger partial charge in [-0.05, 0) is 47.4 Å². The first kappa shape index (κ1) is 14.8. The van der Waals surface area contributed by atoms with Crippen molar-refractivity contribution in [2.24, 2.45) is 0 Å². The molecule has 0 radical (unpaired) electrons. The number of aromatic amines is 1. The molecule has 4 nitrogen and oxygen atoms in total. The number of carbonyl (C=O) groups is 1. The zero-order chi connectivity index (χ0) is 15.2. The van der Waals surface area contributed by atoms with E-state index in [9.17, 15) is 4.79 Å². The molecular weight excluding hydrogens is 294 g/mol. The standard InChI is InChI=1S/C17H19N3OS/c21-17(8-7-13-9-11-22-12-13)18-10-3-6-16-19-14-4-1-2-5-15(14)20-16/h1-2,4-5,9,11-12H,3,6-8,10H2,(H,18,21)(H,19,20). The molecule has 0 spiro atoms. The number of hydrogen-bond acceptors (Lipinski definition) is 3. The lowest BCUT2D eigenvalue weighted by atomic mass is 10.2. The van der Waals surface area contributed by atoms with Crippen LogP contribution in [-0.2, 0) is 17.6 Å². The SMILES string of the molecule is O=C(CCc1ccsc1)NCCCc1nc2ccccc2[nH]1. The van der Waals surface area contributed by atoms with Gasteiger partial charge in [-0.15, -0.1) is 0 Å². The molecule has 5 heteroatoms. The van der Waals surface area contributed by atoms with Crippen LogP contribution >= 0.6 is 11.3 Å². The number of amides is 1. The second-order valence-corrected chi connectivity index (χ2v) is 6.07. The van der Waals surface area contributed by atoms with Gasteiger partial charge in [0.1, 0.15) is 5.82 Å². The van der Waals surface area contributed by atoms with E-state index in [4.69, 9.17) is 0 Å². The number of benzene rings is 1. The maximum absolute atomic E-state index is 11.8. The van der Waals surface area contributed by atoms with Crippen LogP contribution in [0.2, 0.25) is 0 Å². The van der Waals surface area contributed by atoms with E-state index in [0.29, 0.717) is 13.0 Å². The lowest BCUT2D eigenvalue weighted by molar-refractivity contribution is -0.121. The Morgan fingerprint density at radius 3 is 2.95 bits per heavy atom. The first-order valence-electron chi connectivity index (χ1n) is 7.52. The molecular formula is C17H19N3OS. The Bertz CT molecular complexity index is 700.